The molecule has 2 rings (SSSR count). The lowest BCUT2D eigenvalue weighted by molar-refractivity contribution is -0.139. The fourth-order valence-corrected chi connectivity index (χ4v) is 1.79. The molecule has 0 saturated carbocycles. The van der Waals surface area contributed by atoms with Gasteiger partial charge in [-0.3, -0.25) is 4.79 Å². The van der Waals surface area contributed by atoms with Gasteiger partial charge in [-0.05, 0) is 29.7 Å². The molecule has 21 heavy (non-hydrogen) atoms. The van der Waals surface area contributed by atoms with Crippen LogP contribution in [0.25, 0.3) is 0 Å². The Kier molecular flexibility index (Phi) is 6.72. The topological polar surface area (TPSA) is 72.5 Å². The summed E-state index contributed by atoms with van der Waals surface area (Å²) in [6.07, 6.45) is 0.857. The second-order valence-corrected chi connectivity index (χ2v) is 4.56. The van der Waals surface area contributed by atoms with Crippen LogP contribution in [0.2, 0.25) is 0 Å². The smallest absolute Gasteiger partial charge is 0.324 e. The minimum atomic E-state index is -1.06. The molecule has 2 aromatic rings. The third-order valence-electron chi connectivity index (χ3n) is 2.92. The lowest BCUT2D eigenvalue weighted by atomic mass is 10.1. The number of aliphatic carboxylic acids is 1. The van der Waals surface area contributed by atoms with Crippen LogP contribution in [0, 0.1) is 0 Å². The summed E-state index contributed by atoms with van der Waals surface area (Å²) in [7, 11) is 0. The van der Waals surface area contributed by atoms with E-state index in [1.807, 2.05) is 42.5 Å². The molecular weight excluding hydrogens is 290 g/mol. The zero-order valence-corrected chi connectivity index (χ0v) is 12.3. The lowest BCUT2D eigenvalue weighted by Gasteiger charge is -2.10. The Morgan fingerprint density at radius 3 is 2.19 bits per heavy atom. The minimum Gasteiger partial charge on any atom is -0.491 e. The Balaban J connectivity index is 0.00000220. The van der Waals surface area contributed by atoms with Gasteiger partial charge < -0.3 is 15.6 Å². The molecule has 0 aliphatic rings. The van der Waals surface area contributed by atoms with Crippen LogP contribution in [0.4, 0.5) is 0 Å². The molecule has 1 atom stereocenters. The Morgan fingerprint density at radius 2 is 1.62 bits per heavy atom. The largest absolute Gasteiger partial charge is 0.491 e. The van der Waals surface area contributed by atoms with E-state index in [1.165, 1.54) is 11.1 Å². The van der Waals surface area contributed by atoms with Crippen molar-refractivity contribution < 1.29 is 14.6 Å². The first-order valence-corrected chi connectivity index (χ1v) is 6.39. The predicted octanol–water partition coefficient (Wildman–Crippen LogP) is 2.49. The molecule has 0 saturated heterocycles. The lowest BCUT2D eigenvalue weighted by Crippen LogP contribution is -2.36. The predicted molar refractivity (Wildman–Crippen MR) is 84.0 cm³/mol. The molecule has 0 amide bonds. The van der Waals surface area contributed by atoms with Crippen molar-refractivity contribution in [3.63, 3.8) is 0 Å². The first-order chi connectivity index (χ1) is 9.65. The maximum Gasteiger partial charge on any atom is 0.324 e. The number of hydrogen-bond donors (Lipinski definition) is 2. The van der Waals surface area contributed by atoms with E-state index in [0.717, 1.165) is 6.42 Å². The molecular formula is C16H18ClNO3. The fraction of sp³-hybridized carbons (Fsp3) is 0.188. The number of carbonyl (C=O) groups is 1. The highest BCUT2D eigenvalue weighted by atomic mass is 35.5. The van der Waals surface area contributed by atoms with Crippen molar-refractivity contribution in [3.05, 3.63) is 65.7 Å². The molecule has 112 valence electrons. The quantitative estimate of drug-likeness (QED) is 0.860. The van der Waals surface area contributed by atoms with E-state index in [1.54, 1.807) is 0 Å². The number of rotatable bonds is 6. The SMILES string of the molecule is Cl.NC(COc1ccc(Cc2ccccc2)cc1)C(=O)O. The molecule has 1 unspecified atom stereocenters. The van der Waals surface area contributed by atoms with Gasteiger partial charge in [0.1, 0.15) is 18.4 Å². The standard InChI is InChI=1S/C16H17NO3.ClH/c17-15(16(18)19)11-20-14-8-6-13(7-9-14)10-12-4-2-1-3-5-12;/h1-9,15H,10-11,17H2,(H,18,19);1H. The van der Waals surface area contributed by atoms with Gasteiger partial charge in [-0.1, -0.05) is 42.5 Å². The van der Waals surface area contributed by atoms with Crippen molar-refractivity contribution in [2.45, 2.75) is 12.5 Å². The van der Waals surface area contributed by atoms with Gasteiger partial charge in [0, 0.05) is 0 Å². The maximum absolute atomic E-state index is 10.6. The van der Waals surface area contributed by atoms with Gasteiger partial charge >= 0.3 is 5.97 Å². The van der Waals surface area contributed by atoms with Crippen LogP contribution in [0.15, 0.2) is 54.6 Å². The van der Waals surface area contributed by atoms with E-state index in [2.05, 4.69) is 12.1 Å². The van der Waals surface area contributed by atoms with Gasteiger partial charge in [-0.25, -0.2) is 0 Å². The van der Waals surface area contributed by atoms with E-state index in [0.29, 0.717) is 5.75 Å². The fourth-order valence-electron chi connectivity index (χ4n) is 1.79. The van der Waals surface area contributed by atoms with E-state index in [-0.39, 0.29) is 19.0 Å². The van der Waals surface area contributed by atoms with Gasteiger partial charge in [0.15, 0.2) is 0 Å². The van der Waals surface area contributed by atoms with Gasteiger partial charge in [0.05, 0.1) is 0 Å². The monoisotopic (exact) mass is 307 g/mol. The van der Waals surface area contributed by atoms with E-state index >= 15 is 0 Å². The molecule has 5 heteroatoms. The van der Waals surface area contributed by atoms with E-state index in [9.17, 15) is 4.79 Å². The molecule has 0 aliphatic carbocycles. The Hall–Kier alpha value is -2.04. The van der Waals surface area contributed by atoms with Gasteiger partial charge in [0.25, 0.3) is 0 Å². The average molecular weight is 308 g/mol. The Labute approximate surface area is 130 Å². The minimum absolute atomic E-state index is 0. The second-order valence-electron chi connectivity index (χ2n) is 4.56. The van der Waals surface area contributed by atoms with Crippen LogP contribution < -0.4 is 10.5 Å². The number of nitrogens with two attached hydrogens (primary N) is 1. The summed E-state index contributed by atoms with van der Waals surface area (Å²) >= 11 is 0. The summed E-state index contributed by atoms with van der Waals surface area (Å²) in [5.74, 6) is -0.441. The first kappa shape index (κ1) is 17.0. The van der Waals surface area contributed by atoms with Crippen molar-refractivity contribution in [1.82, 2.24) is 0 Å². The van der Waals surface area contributed by atoms with Crippen molar-refractivity contribution in [3.8, 4) is 5.75 Å². The number of halogens is 1. The third-order valence-corrected chi connectivity index (χ3v) is 2.92. The summed E-state index contributed by atoms with van der Waals surface area (Å²) in [5.41, 5.74) is 7.79. The van der Waals surface area contributed by atoms with E-state index in [4.69, 9.17) is 15.6 Å². The number of ether oxygens (including phenoxy) is 1. The average Bonchev–Trinajstić information content (AvgIpc) is 2.47. The molecule has 0 aliphatic heterocycles. The van der Waals surface area contributed by atoms with E-state index < -0.39 is 12.0 Å². The first-order valence-electron chi connectivity index (χ1n) is 6.39. The molecule has 2 aromatic carbocycles. The molecule has 3 N–H and O–H groups in total. The Bertz CT molecular complexity index is 557. The van der Waals surface area contributed by atoms with Crippen LogP contribution in [-0.2, 0) is 11.2 Å². The normalized spacial score (nSPS) is 11.3. The number of carboxylic acids is 1. The molecule has 0 bridgehead atoms. The highest BCUT2D eigenvalue weighted by Gasteiger charge is 2.11. The zero-order valence-electron chi connectivity index (χ0n) is 11.4. The molecule has 0 radical (unpaired) electrons. The molecule has 0 fully saturated rings. The van der Waals surface area contributed by atoms with Crippen LogP contribution in [0.5, 0.6) is 5.75 Å². The zero-order chi connectivity index (χ0) is 14.4. The van der Waals surface area contributed by atoms with Crippen molar-refractivity contribution in [2.24, 2.45) is 5.73 Å². The molecule has 0 aromatic heterocycles. The van der Waals surface area contributed by atoms with Crippen LogP contribution in [0.3, 0.4) is 0 Å². The summed E-state index contributed by atoms with van der Waals surface area (Å²) in [6, 6.07) is 16.8. The highest BCUT2D eigenvalue weighted by Crippen LogP contribution is 2.15. The van der Waals surface area contributed by atoms with Crippen LogP contribution in [0.1, 0.15) is 11.1 Å². The van der Waals surface area contributed by atoms with Crippen molar-refractivity contribution in [2.75, 3.05) is 6.61 Å². The number of benzene rings is 2. The number of hydrogen-bond acceptors (Lipinski definition) is 3. The van der Waals surface area contributed by atoms with Crippen LogP contribution >= 0.6 is 12.4 Å². The molecule has 4 nitrogen and oxygen atoms in total. The summed E-state index contributed by atoms with van der Waals surface area (Å²) in [4.78, 5) is 10.6. The van der Waals surface area contributed by atoms with Crippen LogP contribution in [-0.4, -0.2) is 23.7 Å². The summed E-state index contributed by atoms with van der Waals surface area (Å²) < 4.78 is 5.33. The van der Waals surface area contributed by atoms with Gasteiger partial charge in [-0.2, -0.15) is 0 Å². The number of carboxylic acid groups (broad SMARTS) is 1. The van der Waals surface area contributed by atoms with Crippen molar-refractivity contribution >= 4 is 18.4 Å². The second kappa shape index (κ2) is 8.29. The van der Waals surface area contributed by atoms with Gasteiger partial charge in [-0.15, -0.1) is 12.4 Å². The molecule has 0 heterocycles. The third kappa shape index (κ3) is 5.45. The Morgan fingerprint density at radius 1 is 1.05 bits per heavy atom. The molecule has 0 spiro atoms. The summed E-state index contributed by atoms with van der Waals surface area (Å²) in [5, 5.41) is 8.66. The van der Waals surface area contributed by atoms with Crippen molar-refractivity contribution in [1.29, 1.82) is 0 Å². The van der Waals surface area contributed by atoms with Gasteiger partial charge in [0.2, 0.25) is 0 Å². The maximum atomic E-state index is 10.6. The summed E-state index contributed by atoms with van der Waals surface area (Å²) in [6.45, 7) is -0.0344. The highest BCUT2D eigenvalue weighted by molar-refractivity contribution is 5.85.